The summed E-state index contributed by atoms with van der Waals surface area (Å²) >= 11 is 5.82. The summed E-state index contributed by atoms with van der Waals surface area (Å²) in [5.41, 5.74) is 1.30. The van der Waals surface area contributed by atoms with Crippen molar-refractivity contribution in [2.45, 2.75) is 32.9 Å². The normalized spacial score (nSPS) is 10.9. The Hall–Kier alpha value is -2.60. The zero-order valence-electron chi connectivity index (χ0n) is 14.4. The van der Waals surface area contributed by atoms with E-state index in [1.807, 2.05) is 32.9 Å². The van der Waals surface area contributed by atoms with Gasteiger partial charge in [-0.2, -0.15) is 0 Å². The van der Waals surface area contributed by atoms with Gasteiger partial charge in [0.25, 0.3) is 5.91 Å². The fraction of sp³-hybridized carbons (Fsp3) is 0.278. The Balaban J connectivity index is 1.93. The average Bonchev–Trinajstić information content (AvgIpc) is 2.53. The largest absolute Gasteiger partial charge is 0.346 e. The highest BCUT2D eigenvalue weighted by Gasteiger charge is 2.16. The van der Waals surface area contributed by atoms with Crippen molar-refractivity contribution >= 4 is 29.2 Å². The van der Waals surface area contributed by atoms with Crippen LogP contribution in [0.3, 0.4) is 0 Å². The molecule has 132 valence electrons. The quantitative estimate of drug-likeness (QED) is 0.779. The minimum absolute atomic E-state index is 0.241. The summed E-state index contributed by atoms with van der Waals surface area (Å²) in [6.45, 7) is 6.02. The van der Waals surface area contributed by atoms with Crippen LogP contribution in [0.4, 0.5) is 10.5 Å². The number of urea groups is 1. The van der Waals surface area contributed by atoms with Crippen molar-refractivity contribution in [1.29, 1.82) is 0 Å². The van der Waals surface area contributed by atoms with Gasteiger partial charge in [0.2, 0.25) is 0 Å². The predicted molar refractivity (Wildman–Crippen MR) is 98.8 cm³/mol. The molecule has 0 saturated carbocycles. The number of nitrogens with zero attached hydrogens (tertiary/aromatic N) is 1. The van der Waals surface area contributed by atoms with E-state index in [0.717, 1.165) is 5.56 Å². The third-order valence-electron chi connectivity index (χ3n) is 3.11. The minimum atomic E-state index is -0.372. The molecule has 7 heteroatoms. The lowest BCUT2D eigenvalue weighted by Crippen LogP contribution is -2.41. The monoisotopic (exact) mass is 360 g/mol. The molecule has 0 spiro atoms. The first-order valence-electron chi connectivity index (χ1n) is 7.81. The Kier molecular flexibility index (Phi) is 5.98. The van der Waals surface area contributed by atoms with E-state index >= 15 is 0 Å². The lowest BCUT2D eigenvalue weighted by Gasteiger charge is -2.20. The van der Waals surface area contributed by atoms with Crippen LogP contribution in [0.15, 0.2) is 42.6 Å². The van der Waals surface area contributed by atoms with E-state index in [4.69, 9.17) is 11.6 Å². The molecule has 0 unspecified atom stereocenters. The molecule has 0 atom stereocenters. The SMILES string of the molecule is CC(C)(C)NC(=O)c1cc(NC(=O)NCc2ccc(Cl)cc2)ccn1. The molecule has 1 aromatic heterocycles. The van der Waals surface area contributed by atoms with Gasteiger partial charge in [-0.05, 0) is 50.6 Å². The maximum Gasteiger partial charge on any atom is 0.319 e. The molecule has 1 aromatic carbocycles. The number of halogens is 1. The van der Waals surface area contributed by atoms with Gasteiger partial charge >= 0.3 is 6.03 Å². The van der Waals surface area contributed by atoms with Gasteiger partial charge in [0.1, 0.15) is 5.69 Å². The molecule has 3 amide bonds. The van der Waals surface area contributed by atoms with Crippen LogP contribution in [0, 0.1) is 0 Å². The number of benzene rings is 1. The van der Waals surface area contributed by atoms with Gasteiger partial charge in [0, 0.05) is 29.0 Å². The number of nitrogens with one attached hydrogen (secondary N) is 3. The number of hydrogen-bond donors (Lipinski definition) is 3. The number of amides is 3. The smallest absolute Gasteiger partial charge is 0.319 e. The maximum atomic E-state index is 12.1. The molecule has 0 aliphatic carbocycles. The first-order chi connectivity index (χ1) is 11.7. The summed E-state index contributed by atoms with van der Waals surface area (Å²) in [4.78, 5) is 28.2. The Bertz CT molecular complexity index is 754. The molecular weight excluding hydrogens is 340 g/mol. The second kappa shape index (κ2) is 7.98. The van der Waals surface area contributed by atoms with Crippen molar-refractivity contribution in [3.63, 3.8) is 0 Å². The van der Waals surface area contributed by atoms with Crippen molar-refractivity contribution in [2.75, 3.05) is 5.32 Å². The number of anilines is 1. The van der Waals surface area contributed by atoms with E-state index in [1.165, 1.54) is 12.3 Å². The number of pyridine rings is 1. The van der Waals surface area contributed by atoms with Crippen molar-refractivity contribution < 1.29 is 9.59 Å². The molecule has 3 N–H and O–H groups in total. The average molecular weight is 361 g/mol. The van der Waals surface area contributed by atoms with Crippen molar-refractivity contribution in [3.8, 4) is 0 Å². The zero-order chi connectivity index (χ0) is 18.4. The number of aromatic nitrogens is 1. The first-order valence-corrected chi connectivity index (χ1v) is 8.18. The van der Waals surface area contributed by atoms with Crippen LogP contribution >= 0.6 is 11.6 Å². The van der Waals surface area contributed by atoms with Crippen LogP contribution in [0.2, 0.25) is 5.02 Å². The summed E-state index contributed by atoms with van der Waals surface area (Å²) in [6.07, 6.45) is 1.48. The summed E-state index contributed by atoms with van der Waals surface area (Å²) in [6, 6.07) is 9.98. The van der Waals surface area contributed by atoms with Gasteiger partial charge in [-0.15, -0.1) is 0 Å². The molecule has 0 bridgehead atoms. The molecule has 0 saturated heterocycles. The van der Waals surface area contributed by atoms with Crippen molar-refractivity contribution in [1.82, 2.24) is 15.6 Å². The molecule has 1 heterocycles. The molecule has 0 aliphatic heterocycles. The third-order valence-corrected chi connectivity index (χ3v) is 3.36. The fourth-order valence-electron chi connectivity index (χ4n) is 2.00. The van der Waals surface area contributed by atoms with Gasteiger partial charge in [-0.25, -0.2) is 4.79 Å². The summed E-state index contributed by atoms with van der Waals surface area (Å²) in [5, 5.41) is 8.90. The van der Waals surface area contributed by atoms with Gasteiger partial charge in [-0.1, -0.05) is 23.7 Å². The van der Waals surface area contributed by atoms with E-state index < -0.39 is 0 Å². The Labute approximate surface area is 152 Å². The fourth-order valence-corrected chi connectivity index (χ4v) is 2.12. The Morgan fingerprint density at radius 2 is 1.80 bits per heavy atom. The standard InChI is InChI=1S/C18H21ClN4O2/c1-18(2,3)23-16(24)15-10-14(8-9-20-15)22-17(25)21-11-12-4-6-13(19)7-5-12/h4-10H,11H2,1-3H3,(H,23,24)(H2,20,21,22,25). The minimum Gasteiger partial charge on any atom is -0.346 e. The molecule has 2 rings (SSSR count). The lowest BCUT2D eigenvalue weighted by molar-refractivity contribution is 0.0914. The molecular formula is C18H21ClN4O2. The maximum absolute atomic E-state index is 12.1. The highest BCUT2D eigenvalue weighted by Crippen LogP contribution is 2.11. The molecule has 0 aliphatic rings. The van der Waals surface area contributed by atoms with Gasteiger partial charge in [0.05, 0.1) is 0 Å². The Morgan fingerprint density at radius 3 is 2.44 bits per heavy atom. The molecule has 6 nitrogen and oxygen atoms in total. The van der Waals surface area contributed by atoms with Crippen molar-refractivity contribution in [3.05, 3.63) is 58.9 Å². The zero-order valence-corrected chi connectivity index (χ0v) is 15.1. The van der Waals surface area contributed by atoms with Crippen LogP contribution in [0.5, 0.6) is 0 Å². The van der Waals surface area contributed by atoms with Crippen LogP contribution in [0.1, 0.15) is 36.8 Å². The van der Waals surface area contributed by atoms with E-state index in [2.05, 4.69) is 20.9 Å². The number of carbonyl (C=O) groups excluding carboxylic acids is 2. The Morgan fingerprint density at radius 1 is 1.12 bits per heavy atom. The van der Waals surface area contributed by atoms with E-state index in [0.29, 0.717) is 17.3 Å². The third kappa shape index (κ3) is 6.43. The van der Waals surface area contributed by atoms with Crippen LogP contribution in [-0.4, -0.2) is 22.5 Å². The number of carbonyl (C=O) groups is 2. The summed E-state index contributed by atoms with van der Waals surface area (Å²) in [5.74, 6) is -0.294. The van der Waals surface area contributed by atoms with Crippen LogP contribution < -0.4 is 16.0 Å². The second-order valence-corrected chi connectivity index (χ2v) is 7.00. The lowest BCUT2D eigenvalue weighted by atomic mass is 10.1. The summed E-state index contributed by atoms with van der Waals surface area (Å²) < 4.78 is 0. The summed E-state index contributed by atoms with van der Waals surface area (Å²) in [7, 11) is 0. The first kappa shape index (κ1) is 18.7. The topological polar surface area (TPSA) is 83.1 Å². The van der Waals surface area contributed by atoms with Crippen LogP contribution in [-0.2, 0) is 6.54 Å². The number of hydrogen-bond acceptors (Lipinski definition) is 3. The molecule has 2 aromatic rings. The van der Waals surface area contributed by atoms with Gasteiger partial charge in [-0.3, -0.25) is 9.78 Å². The highest BCUT2D eigenvalue weighted by molar-refractivity contribution is 6.30. The molecule has 0 fully saturated rings. The van der Waals surface area contributed by atoms with E-state index in [1.54, 1.807) is 18.2 Å². The predicted octanol–water partition coefficient (Wildman–Crippen LogP) is 3.59. The van der Waals surface area contributed by atoms with E-state index in [9.17, 15) is 9.59 Å². The molecule has 0 radical (unpaired) electrons. The van der Waals surface area contributed by atoms with Crippen LogP contribution in [0.25, 0.3) is 0 Å². The second-order valence-electron chi connectivity index (χ2n) is 6.57. The van der Waals surface area contributed by atoms with Gasteiger partial charge < -0.3 is 16.0 Å². The van der Waals surface area contributed by atoms with Gasteiger partial charge in [0.15, 0.2) is 0 Å². The van der Waals surface area contributed by atoms with E-state index in [-0.39, 0.29) is 23.2 Å². The highest BCUT2D eigenvalue weighted by atomic mass is 35.5. The van der Waals surface area contributed by atoms with Crippen molar-refractivity contribution in [2.24, 2.45) is 0 Å². The molecule has 25 heavy (non-hydrogen) atoms. The number of rotatable bonds is 4.